The van der Waals surface area contributed by atoms with Crippen molar-refractivity contribution in [2.75, 3.05) is 13.7 Å². The summed E-state index contributed by atoms with van der Waals surface area (Å²) < 4.78 is 24.7. The van der Waals surface area contributed by atoms with E-state index in [0.717, 1.165) is 64.7 Å². The molecule has 0 unspecified atom stereocenters. The number of rotatable bonds is 4. The van der Waals surface area contributed by atoms with Crippen molar-refractivity contribution in [3.8, 4) is 17.0 Å². The van der Waals surface area contributed by atoms with Crippen molar-refractivity contribution in [1.82, 2.24) is 15.0 Å². The van der Waals surface area contributed by atoms with Crippen LogP contribution in [0.2, 0.25) is 0 Å². The van der Waals surface area contributed by atoms with Crippen molar-refractivity contribution < 1.29 is 13.7 Å². The SMILES string of the molecule is COc1c(C)cnc(CN2CCc3onc(-c4cccc(F)c4)c3C2)c1C. The van der Waals surface area contributed by atoms with Gasteiger partial charge in [0, 0.05) is 54.5 Å². The molecule has 2 aromatic heterocycles. The molecule has 1 aliphatic rings. The number of nitrogens with zero attached hydrogens (tertiary/aromatic N) is 3. The second-order valence-corrected chi connectivity index (χ2v) is 6.95. The molecular formula is C21H22FN3O2. The average Bonchev–Trinajstić information content (AvgIpc) is 3.08. The van der Waals surface area contributed by atoms with E-state index in [2.05, 4.69) is 15.0 Å². The Balaban J connectivity index is 1.60. The Morgan fingerprint density at radius 1 is 1.30 bits per heavy atom. The van der Waals surface area contributed by atoms with Crippen LogP contribution in [0.1, 0.15) is 28.1 Å². The van der Waals surface area contributed by atoms with Crippen LogP contribution in [0.4, 0.5) is 4.39 Å². The highest BCUT2D eigenvalue weighted by atomic mass is 19.1. The van der Waals surface area contributed by atoms with Gasteiger partial charge in [-0.15, -0.1) is 0 Å². The second-order valence-electron chi connectivity index (χ2n) is 6.95. The van der Waals surface area contributed by atoms with Gasteiger partial charge >= 0.3 is 0 Å². The van der Waals surface area contributed by atoms with E-state index in [4.69, 9.17) is 9.26 Å². The van der Waals surface area contributed by atoms with Crippen molar-refractivity contribution in [1.29, 1.82) is 0 Å². The first-order chi connectivity index (χ1) is 13.1. The van der Waals surface area contributed by atoms with Crippen molar-refractivity contribution in [3.05, 3.63) is 64.4 Å². The Morgan fingerprint density at radius 3 is 2.93 bits per heavy atom. The zero-order valence-electron chi connectivity index (χ0n) is 15.8. The number of benzene rings is 1. The fraction of sp³-hybridized carbons (Fsp3) is 0.333. The summed E-state index contributed by atoms with van der Waals surface area (Å²) in [4.78, 5) is 6.92. The molecule has 0 fully saturated rings. The minimum Gasteiger partial charge on any atom is -0.496 e. The average molecular weight is 367 g/mol. The number of fused-ring (bicyclic) bond motifs is 1. The Hall–Kier alpha value is -2.73. The van der Waals surface area contributed by atoms with E-state index < -0.39 is 0 Å². The van der Waals surface area contributed by atoms with Gasteiger partial charge in [0.25, 0.3) is 0 Å². The highest BCUT2D eigenvalue weighted by Crippen LogP contribution is 2.31. The van der Waals surface area contributed by atoms with Gasteiger partial charge in [-0.1, -0.05) is 17.3 Å². The fourth-order valence-electron chi connectivity index (χ4n) is 3.70. The monoisotopic (exact) mass is 367 g/mol. The molecule has 6 heteroatoms. The van der Waals surface area contributed by atoms with E-state index >= 15 is 0 Å². The molecule has 3 aromatic rings. The summed E-state index contributed by atoms with van der Waals surface area (Å²) in [6, 6.07) is 6.48. The molecule has 3 heterocycles. The van der Waals surface area contributed by atoms with Crippen LogP contribution >= 0.6 is 0 Å². The number of ether oxygens (including phenoxy) is 1. The van der Waals surface area contributed by atoms with Gasteiger partial charge < -0.3 is 9.26 Å². The summed E-state index contributed by atoms with van der Waals surface area (Å²) in [6.07, 6.45) is 2.63. The Bertz CT molecular complexity index is 984. The highest BCUT2D eigenvalue weighted by Gasteiger charge is 2.26. The molecule has 0 saturated carbocycles. The third-order valence-electron chi connectivity index (χ3n) is 5.13. The lowest BCUT2D eigenvalue weighted by atomic mass is 10.0. The second kappa shape index (κ2) is 7.12. The van der Waals surface area contributed by atoms with Crippen LogP contribution in [0.5, 0.6) is 5.75 Å². The standard InChI is InChI=1S/C21H22FN3O2/c1-13-10-23-18(14(2)21(13)26-3)12-25-8-7-19-17(11-25)20(24-27-19)15-5-4-6-16(22)9-15/h4-6,9-10H,7-8,11-12H2,1-3H3. The number of aromatic nitrogens is 2. The number of pyridine rings is 1. The van der Waals surface area contributed by atoms with Crippen molar-refractivity contribution in [3.63, 3.8) is 0 Å². The van der Waals surface area contributed by atoms with E-state index in [1.54, 1.807) is 13.2 Å². The first-order valence-electron chi connectivity index (χ1n) is 9.01. The van der Waals surface area contributed by atoms with Gasteiger partial charge in [-0.05, 0) is 26.0 Å². The zero-order chi connectivity index (χ0) is 19.0. The summed E-state index contributed by atoms with van der Waals surface area (Å²) in [5, 5.41) is 4.20. The minimum atomic E-state index is -0.275. The number of halogens is 1. The normalized spacial score (nSPS) is 14.2. The third kappa shape index (κ3) is 3.32. The van der Waals surface area contributed by atoms with Gasteiger partial charge in [-0.2, -0.15) is 0 Å². The summed E-state index contributed by atoms with van der Waals surface area (Å²) in [6.45, 7) is 6.32. The van der Waals surface area contributed by atoms with E-state index in [9.17, 15) is 4.39 Å². The van der Waals surface area contributed by atoms with Gasteiger partial charge in [-0.25, -0.2) is 4.39 Å². The van der Waals surface area contributed by atoms with E-state index in [0.29, 0.717) is 6.54 Å². The lowest BCUT2D eigenvalue weighted by Gasteiger charge is -2.26. The van der Waals surface area contributed by atoms with Gasteiger partial charge in [0.1, 0.15) is 23.0 Å². The molecule has 1 aliphatic heterocycles. The van der Waals surface area contributed by atoms with Crippen molar-refractivity contribution in [2.45, 2.75) is 33.4 Å². The van der Waals surface area contributed by atoms with Crippen LogP contribution in [0.25, 0.3) is 11.3 Å². The summed E-state index contributed by atoms with van der Waals surface area (Å²) in [7, 11) is 1.69. The number of methoxy groups -OCH3 is 1. The van der Waals surface area contributed by atoms with Gasteiger partial charge in [0.15, 0.2) is 0 Å². The van der Waals surface area contributed by atoms with Gasteiger partial charge in [0.2, 0.25) is 0 Å². The third-order valence-corrected chi connectivity index (χ3v) is 5.13. The van der Waals surface area contributed by atoms with Gasteiger partial charge in [-0.3, -0.25) is 9.88 Å². The van der Waals surface area contributed by atoms with Crippen LogP contribution in [0.15, 0.2) is 35.0 Å². The molecule has 0 spiro atoms. The molecule has 0 N–H and O–H groups in total. The molecule has 0 atom stereocenters. The first-order valence-corrected chi connectivity index (χ1v) is 9.01. The maximum atomic E-state index is 13.6. The smallest absolute Gasteiger partial charge is 0.143 e. The Labute approximate surface area is 157 Å². The number of hydrogen-bond donors (Lipinski definition) is 0. The molecule has 0 bridgehead atoms. The lowest BCUT2D eigenvalue weighted by Crippen LogP contribution is -2.30. The number of aryl methyl sites for hydroxylation is 1. The molecule has 5 nitrogen and oxygen atoms in total. The maximum absolute atomic E-state index is 13.6. The van der Waals surface area contributed by atoms with E-state index in [1.165, 1.54) is 12.1 Å². The van der Waals surface area contributed by atoms with E-state index in [-0.39, 0.29) is 5.82 Å². The molecule has 0 saturated heterocycles. The molecule has 1 aromatic carbocycles. The number of hydrogen-bond acceptors (Lipinski definition) is 5. The maximum Gasteiger partial charge on any atom is 0.143 e. The minimum absolute atomic E-state index is 0.275. The van der Waals surface area contributed by atoms with Crippen LogP contribution in [0.3, 0.4) is 0 Å². The molecule has 27 heavy (non-hydrogen) atoms. The zero-order valence-corrected chi connectivity index (χ0v) is 15.8. The quantitative estimate of drug-likeness (QED) is 0.696. The van der Waals surface area contributed by atoms with Crippen molar-refractivity contribution in [2.24, 2.45) is 0 Å². The molecule has 0 amide bonds. The highest BCUT2D eigenvalue weighted by molar-refractivity contribution is 5.63. The van der Waals surface area contributed by atoms with Crippen LogP contribution in [0, 0.1) is 19.7 Å². The van der Waals surface area contributed by atoms with Gasteiger partial charge in [0.05, 0.1) is 12.8 Å². The summed E-state index contributed by atoms with van der Waals surface area (Å²) in [5.41, 5.74) is 5.60. The Morgan fingerprint density at radius 2 is 2.15 bits per heavy atom. The molecule has 0 aliphatic carbocycles. The predicted octanol–water partition coefficient (Wildman–Crippen LogP) is 4.06. The molecular weight excluding hydrogens is 345 g/mol. The van der Waals surface area contributed by atoms with Crippen LogP contribution in [-0.2, 0) is 19.5 Å². The summed E-state index contributed by atoms with van der Waals surface area (Å²) >= 11 is 0. The van der Waals surface area contributed by atoms with Crippen LogP contribution in [-0.4, -0.2) is 28.7 Å². The first kappa shape index (κ1) is 17.7. The fourth-order valence-corrected chi connectivity index (χ4v) is 3.70. The predicted molar refractivity (Wildman–Crippen MR) is 100.0 cm³/mol. The molecule has 140 valence electrons. The topological polar surface area (TPSA) is 51.4 Å². The molecule has 4 rings (SSSR count). The largest absolute Gasteiger partial charge is 0.496 e. The molecule has 0 radical (unpaired) electrons. The summed E-state index contributed by atoms with van der Waals surface area (Å²) in [5.74, 6) is 1.50. The van der Waals surface area contributed by atoms with E-state index in [1.807, 2.05) is 26.1 Å². The van der Waals surface area contributed by atoms with Crippen molar-refractivity contribution >= 4 is 0 Å². The van der Waals surface area contributed by atoms with Crippen LogP contribution < -0.4 is 4.74 Å². The lowest BCUT2D eigenvalue weighted by molar-refractivity contribution is 0.225. The Kier molecular flexibility index (Phi) is 4.66.